The van der Waals surface area contributed by atoms with E-state index in [0.717, 1.165) is 5.69 Å². The first-order valence-electron chi connectivity index (χ1n) is 2.91. The minimum atomic E-state index is 0.240. The van der Waals surface area contributed by atoms with Gasteiger partial charge in [-0.15, -0.1) is 0 Å². The van der Waals surface area contributed by atoms with Gasteiger partial charge in [0.25, 0.3) is 0 Å². The molecule has 2 N–H and O–H groups in total. The van der Waals surface area contributed by atoms with Gasteiger partial charge >= 0.3 is 0 Å². The smallest absolute Gasteiger partial charge is 0.186 e. The molecule has 1 aromatic heterocycles. The molecule has 0 amide bonds. The first kappa shape index (κ1) is 6.80. The van der Waals surface area contributed by atoms with Crippen molar-refractivity contribution in [2.75, 3.05) is 7.11 Å². The van der Waals surface area contributed by atoms with Crippen LogP contribution in [-0.4, -0.2) is 23.0 Å². The molecule has 4 nitrogen and oxygen atoms in total. The molecule has 1 rings (SSSR count). The molecule has 0 aliphatic rings. The summed E-state index contributed by atoms with van der Waals surface area (Å²) in [6.45, 7) is 0. The van der Waals surface area contributed by atoms with E-state index in [0.29, 0.717) is 6.42 Å². The molecule has 0 unspecified atom stereocenters. The molecule has 0 bridgehead atoms. The fraction of sp³-hybridized carbons (Fsp3) is 0.333. The van der Waals surface area contributed by atoms with Gasteiger partial charge in [0.05, 0.1) is 19.9 Å². The van der Waals surface area contributed by atoms with E-state index < -0.39 is 0 Å². The molecule has 1 aromatic rings. The minimum absolute atomic E-state index is 0.240. The highest BCUT2D eigenvalue weighted by Crippen LogP contribution is 1.93. The first-order chi connectivity index (χ1) is 4.83. The Kier molecular flexibility index (Phi) is 2.04. The van der Waals surface area contributed by atoms with E-state index in [1.54, 1.807) is 12.5 Å². The first-order valence-corrected chi connectivity index (χ1v) is 2.91. The number of aromatic nitrogens is 2. The van der Waals surface area contributed by atoms with Gasteiger partial charge in [-0.25, -0.2) is 4.98 Å². The lowest BCUT2D eigenvalue weighted by Gasteiger charge is -1.97. The highest BCUT2D eigenvalue weighted by atomic mass is 16.5. The van der Waals surface area contributed by atoms with Crippen LogP contribution in [0, 0.1) is 5.41 Å². The van der Waals surface area contributed by atoms with Crippen molar-refractivity contribution in [2.24, 2.45) is 0 Å². The SMILES string of the molecule is COC(=N)Cc1cnc[nH]1. The highest BCUT2D eigenvalue weighted by molar-refractivity contribution is 5.74. The average molecular weight is 139 g/mol. The van der Waals surface area contributed by atoms with Crippen molar-refractivity contribution >= 4 is 5.90 Å². The molecular formula is C6H9N3O. The molecule has 0 saturated heterocycles. The summed E-state index contributed by atoms with van der Waals surface area (Å²) in [5, 5.41) is 7.14. The summed E-state index contributed by atoms with van der Waals surface area (Å²) in [7, 11) is 1.48. The van der Waals surface area contributed by atoms with Crippen LogP contribution in [0.3, 0.4) is 0 Å². The molecule has 0 saturated carbocycles. The van der Waals surface area contributed by atoms with Gasteiger partial charge in [-0.05, 0) is 0 Å². The van der Waals surface area contributed by atoms with E-state index >= 15 is 0 Å². The summed E-state index contributed by atoms with van der Waals surface area (Å²) in [6.07, 6.45) is 3.74. The molecule has 0 fully saturated rings. The van der Waals surface area contributed by atoms with Crippen molar-refractivity contribution in [3.63, 3.8) is 0 Å². The predicted octanol–water partition coefficient (Wildman–Crippen LogP) is 0.576. The number of H-pyrrole nitrogens is 1. The third-order valence-electron chi connectivity index (χ3n) is 1.15. The zero-order chi connectivity index (χ0) is 7.40. The summed E-state index contributed by atoms with van der Waals surface area (Å²) in [6, 6.07) is 0. The standard InChI is InChI=1S/C6H9N3O/c1-10-6(7)2-5-3-8-4-9-5/h3-4,7H,2H2,1H3,(H,8,9). The second kappa shape index (κ2) is 3.00. The second-order valence-corrected chi connectivity index (χ2v) is 1.88. The fourth-order valence-electron chi connectivity index (χ4n) is 0.627. The lowest BCUT2D eigenvalue weighted by molar-refractivity contribution is 0.389. The molecule has 0 spiro atoms. The Hall–Kier alpha value is -1.32. The molecule has 4 heteroatoms. The van der Waals surface area contributed by atoms with Crippen molar-refractivity contribution in [1.29, 1.82) is 5.41 Å². The fourth-order valence-corrected chi connectivity index (χ4v) is 0.627. The van der Waals surface area contributed by atoms with E-state index in [4.69, 9.17) is 5.41 Å². The van der Waals surface area contributed by atoms with Gasteiger partial charge in [0.15, 0.2) is 5.90 Å². The van der Waals surface area contributed by atoms with Gasteiger partial charge in [-0.1, -0.05) is 0 Å². The van der Waals surface area contributed by atoms with Crippen LogP contribution >= 0.6 is 0 Å². The number of aromatic amines is 1. The topological polar surface area (TPSA) is 61.8 Å². The number of hydrogen-bond donors (Lipinski definition) is 2. The molecule has 0 atom stereocenters. The van der Waals surface area contributed by atoms with Crippen LogP contribution in [-0.2, 0) is 11.2 Å². The molecule has 0 aromatic carbocycles. The molecule has 1 heterocycles. The van der Waals surface area contributed by atoms with Gasteiger partial charge in [0.1, 0.15) is 0 Å². The molecule has 0 aliphatic heterocycles. The Bertz CT molecular complexity index is 205. The van der Waals surface area contributed by atoms with Crippen LogP contribution in [0.5, 0.6) is 0 Å². The second-order valence-electron chi connectivity index (χ2n) is 1.88. The number of hydrogen-bond acceptors (Lipinski definition) is 3. The summed E-state index contributed by atoms with van der Waals surface area (Å²) in [5.41, 5.74) is 0.895. The lowest BCUT2D eigenvalue weighted by atomic mass is 10.3. The largest absolute Gasteiger partial charge is 0.484 e. The number of nitrogens with zero attached hydrogens (tertiary/aromatic N) is 1. The number of imidazole rings is 1. The summed E-state index contributed by atoms with van der Waals surface area (Å²) >= 11 is 0. The number of ether oxygens (including phenoxy) is 1. The van der Waals surface area contributed by atoms with Crippen LogP contribution in [0.4, 0.5) is 0 Å². The Morgan fingerprint density at radius 2 is 2.70 bits per heavy atom. The van der Waals surface area contributed by atoms with Crippen LogP contribution in [0.2, 0.25) is 0 Å². The maximum atomic E-state index is 7.14. The van der Waals surface area contributed by atoms with Crippen LogP contribution < -0.4 is 0 Å². The number of nitrogens with one attached hydrogen (secondary N) is 2. The van der Waals surface area contributed by atoms with E-state index in [-0.39, 0.29) is 5.90 Å². The normalized spacial score (nSPS) is 9.30. The zero-order valence-electron chi connectivity index (χ0n) is 5.72. The molecule has 0 radical (unpaired) electrons. The summed E-state index contributed by atoms with van der Waals surface area (Å²) in [4.78, 5) is 6.67. The molecular weight excluding hydrogens is 130 g/mol. The number of rotatable bonds is 2. The molecule has 10 heavy (non-hydrogen) atoms. The van der Waals surface area contributed by atoms with Crippen molar-refractivity contribution in [3.05, 3.63) is 18.2 Å². The van der Waals surface area contributed by atoms with Gasteiger partial charge < -0.3 is 9.72 Å². The Morgan fingerprint density at radius 3 is 3.20 bits per heavy atom. The summed E-state index contributed by atoms with van der Waals surface area (Å²) in [5.74, 6) is 0.240. The molecule has 54 valence electrons. The Balaban J connectivity index is 2.48. The maximum Gasteiger partial charge on any atom is 0.186 e. The monoisotopic (exact) mass is 139 g/mol. The third kappa shape index (κ3) is 1.58. The van der Waals surface area contributed by atoms with Gasteiger partial charge in [-0.3, -0.25) is 5.41 Å². The highest BCUT2D eigenvalue weighted by Gasteiger charge is 1.97. The van der Waals surface area contributed by atoms with Gasteiger partial charge in [-0.2, -0.15) is 0 Å². The van der Waals surface area contributed by atoms with Crippen LogP contribution in [0.25, 0.3) is 0 Å². The average Bonchev–Trinajstić information content (AvgIpc) is 2.40. The van der Waals surface area contributed by atoms with E-state index in [1.807, 2.05) is 0 Å². The molecule has 0 aliphatic carbocycles. The van der Waals surface area contributed by atoms with Crippen molar-refractivity contribution < 1.29 is 4.74 Å². The van der Waals surface area contributed by atoms with Crippen LogP contribution in [0.15, 0.2) is 12.5 Å². The lowest BCUT2D eigenvalue weighted by Crippen LogP contribution is -2.03. The van der Waals surface area contributed by atoms with E-state index in [1.165, 1.54) is 7.11 Å². The van der Waals surface area contributed by atoms with Crippen molar-refractivity contribution in [3.8, 4) is 0 Å². The minimum Gasteiger partial charge on any atom is -0.484 e. The van der Waals surface area contributed by atoms with Gasteiger partial charge in [0, 0.05) is 11.9 Å². The summed E-state index contributed by atoms with van der Waals surface area (Å²) < 4.78 is 4.66. The van der Waals surface area contributed by atoms with Crippen LogP contribution in [0.1, 0.15) is 5.69 Å². The van der Waals surface area contributed by atoms with E-state index in [2.05, 4.69) is 14.7 Å². The maximum absolute atomic E-state index is 7.14. The third-order valence-corrected chi connectivity index (χ3v) is 1.15. The quantitative estimate of drug-likeness (QED) is 0.465. The van der Waals surface area contributed by atoms with Crippen molar-refractivity contribution in [1.82, 2.24) is 9.97 Å². The van der Waals surface area contributed by atoms with Gasteiger partial charge in [0.2, 0.25) is 0 Å². The Morgan fingerprint density at radius 1 is 1.90 bits per heavy atom. The zero-order valence-corrected chi connectivity index (χ0v) is 5.72. The Labute approximate surface area is 58.8 Å². The number of methoxy groups -OCH3 is 1. The van der Waals surface area contributed by atoms with Crippen molar-refractivity contribution in [2.45, 2.75) is 6.42 Å². The van der Waals surface area contributed by atoms with E-state index in [9.17, 15) is 0 Å². The predicted molar refractivity (Wildman–Crippen MR) is 37.0 cm³/mol.